The van der Waals surface area contributed by atoms with E-state index >= 15 is 0 Å². The van der Waals surface area contributed by atoms with Crippen LogP contribution in [0.15, 0.2) is 52.5 Å². The van der Waals surface area contributed by atoms with Crippen LogP contribution in [0.4, 0.5) is 0 Å². The van der Waals surface area contributed by atoms with Crippen molar-refractivity contribution in [2.75, 3.05) is 0 Å². The van der Waals surface area contributed by atoms with E-state index < -0.39 is 5.97 Å². The zero-order valence-electron chi connectivity index (χ0n) is 9.96. The van der Waals surface area contributed by atoms with Gasteiger partial charge in [-0.15, -0.1) is 0 Å². The quantitative estimate of drug-likeness (QED) is 0.916. The van der Waals surface area contributed by atoms with Gasteiger partial charge in [0.15, 0.2) is 0 Å². The van der Waals surface area contributed by atoms with Gasteiger partial charge in [0.25, 0.3) is 0 Å². The third-order valence-electron chi connectivity index (χ3n) is 2.48. The summed E-state index contributed by atoms with van der Waals surface area (Å²) in [5.74, 6) is -0.805. The van der Waals surface area contributed by atoms with Crippen LogP contribution in [0.25, 0.3) is 0 Å². The molecule has 1 aromatic heterocycles. The van der Waals surface area contributed by atoms with Gasteiger partial charge in [0.2, 0.25) is 0 Å². The predicted molar refractivity (Wildman–Crippen MR) is 70.9 cm³/mol. The molecule has 0 amide bonds. The van der Waals surface area contributed by atoms with Gasteiger partial charge >= 0.3 is 5.97 Å². The number of aromatic nitrogens is 1. The molecule has 2 aromatic rings. The minimum absolute atomic E-state index is 0.0687. The van der Waals surface area contributed by atoms with Crippen LogP contribution in [0.2, 0.25) is 0 Å². The number of pyridine rings is 1. The van der Waals surface area contributed by atoms with Crippen LogP contribution in [-0.2, 0) is 11.2 Å². The van der Waals surface area contributed by atoms with Crippen molar-refractivity contribution in [2.24, 2.45) is 0 Å². The van der Waals surface area contributed by atoms with Crippen LogP contribution in [0.5, 0.6) is 0 Å². The van der Waals surface area contributed by atoms with E-state index in [1.165, 1.54) is 0 Å². The molecule has 4 heteroatoms. The first-order valence-electron chi connectivity index (χ1n) is 5.54. The molecule has 0 saturated heterocycles. The molecular formula is C14H13NO2S. The summed E-state index contributed by atoms with van der Waals surface area (Å²) in [7, 11) is 0. The normalized spacial score (nSPS) is 10.3. The molecule has 3 nitrogen and oxygen atoms in total. The Morgan fingerprint density at radius 1 is 1.28 bits per heavy atom. The van der Waals surface area contributed by atoms with E-state index in [1.54, 1.807) is 18.0 Å². The lowest BCUT2D eigenvalue weighted by Crippen LogP contribution is -1.99. The van der Waals surface area contributed by atoms with Gasteiger partial charge in [0.05, 0.1) is 6.42 Å². The molecule has 0 bridgehead atoms. The number of nitrogens with zero attached hydrogens (tertiary/aromatic N) is 1. The number of hydrogen-bond donors (Lipinski definition) is 1. The Morgan fingerprint density at radius 2 is 2.00 bits per heavy atom. The van der Waals surface area contributed by atoms with Gasteiger partial charge in [0.1, 0.15) is 0 Å². The van der Waals surface area contributed by atoms with Gasteiger partial charge in [-0.05, 0) is 36.2 Å². The second-order valence-electron chi connectivity index (χ2n) is 3.96. The van der Waals surface area contributed by atoms with Gasteiger partial charge in [-0.2, -0.15) is 0 Å². The monoisotopic (exact) mass is 259 g/mol. The van der Waals surface area contributed by atoms with Crippen LogP contribution < -0.4 is 0 Å². The first-order chi connectivity index (χ1) is 8.65. The van der Waals surface area contributed by atoms with Crippen LogP contribution in [0.1, 0.15) is 11.1 Å². The summed E-state index contributed by atoms with van der Waals surface area (Å²) in [4.78, 5) is 16.9. The Labute approximate surface area is 110 Å². The van der Waals surface area contributed by atoms with Gasteiger partial charge < -0.3 is 5.11 Å². The molecule has 18 heavy (non-hydrogen) atoms. The molecule has 0 radical (unpaired) electrons. The van der Waals surface area contributed by atoms with Crippen molar-refractivity contribution in [3.63, 3.8) is 0 Å². The number of benzene rings is 1. The number of hydrogen-bond acceptors (Lipinski definition) is 3. The van der Waals surface area contributed by atoms with Gasteiger partial charge in [-0.25, -0.2) is 0 Å². The molecule has 2 rings (SSSR count). The summed E-state index contributed by atoms with van der Waals surface area (Å²) < 4.78 is 0. The largest absolute Gasteiger partial charge is 0.481 e. The third-order valence-corrected chi connectivity index (χ3v) is 3.66. The summed E-state index contributed by atoms with van der Waals surface area (Å²) in [6.07, 6.45) is 3.68. The molecule has 92 valence electrons. The standard InChI is InChI=1S/C14H13NO2S/c1-10-9-15-7-6-13(10)18-12-4-2-11(3-5-12)8-14(16)17/h2-7,9H,8H2,1H3,(H,16,17). The molecule has 1 N–H and O–H groups in total. The maximum Gasteiger partial charge on any atom is 0.307 e. The fourth-order valence-corrected chi connectivity index (χ4v) is 2.42. The zero-order valence-corrected chi connectivity index (χ0v) is 10.8. The smallest absolute Gasteiger partial charge is 0.307 e. The van der Waals surface area contributed by atoms with Crippen LogP contribution in [0, 0.1) is 6.92 Å². The lowest BCUT2D eigenvalue weighted by Gasteiger charge is -2.05. The van der Waals surface area contributed by atoms with Gasteiger partial charge in [0, 0.05) is 22.2 Å². The van der Waals surface area contributed by atoms with E-state index in [0.717, 1.165) is 20.9 Å². The molecular weight excluding hydrogens is 246 g/mol. The number of aryl methyl sites for hydroxylation is 1. The molecule has 0 aliphatic rings. The molecule has 0 spiro atoms. The molecule has 0 unspecified atom stereocenters. The number of carbonyl (C=O) groups is 1. The molecule has 1 heterocycles. The Hall–Kier alpha value is -1.81. The molecule has 0 fully saturated rings. The first-order valence-corrected chi connectivity index (χ1v) is 6.36. The molecule has 0 aliphatic carbocycles. The van der Waals surface area contributed by atoms with Crippen molar-refractivity contribution in [1.29, 1.82) is 0 Å². The number of aliphatic carboxylic acids is 1. The summed E-state index contributed by atoms with van der Waals surface area (Å²) in [5, 5.41) is 8.70. The predicted octanol–water partition coefficient (Wildman–Crippen LogP) is 3.17. The van der Waals surface area contributed by atoms with E-state index in [9.17, 15) is 4.79 Å². The second-order valence-corrected chi connectivity index (χ2v) is 5.07. The minimum Gasteiger partial charge on any atom is -0.481 e. The molecule has 0 aliphatic heterocycles. The Morgan fingerprint density at radius 3 is 2.61 bits per heavy atom. The van der Waals surface area contributed by atoms with E-state index in [0.29, 0.717) is 0 Å². The van der Waals surface area contributed by atoms with Crippen molar-refractivity contribution in [3.05, 3.63) is 53.9 Å². The van der Waals surface area contributed by atoms with Crippen LogP contribution in [0.3, 0.4) is 0 Å². The topological polar surface area (TPSA) is 50.2 Å². The number of carboxylic acid groups (broad SMARTS) is 1. The Bertz CT molecular complexity index is 552. The maximum atomic E-state index is 10.6. The van der Waals surface area contributed by atoms with Crippen LogP contribution >= 0.6 is 11.8 Å². The lowest BCUT2D eigenvalue weighted by molar-refractivity contribution is -0.136. The first kappa shape index (κ1) is 12.6. The number of carboxylic acids is 1. The Balaban J connectivity index is 2.11. The average molecular weight is 259 g/mol. The highest BCUT2D eigenvalue weighted by Crippen LogP contribution is 2.29. The average Bonchev–Trinajstić information content (AvgIpc) is 2.34. The highest BCUT2D eigenvalue weighted by atomic mass is 32.2. The zero-order chi connectivity index (χ0) is 13.0. The fourth-order valence-electron chi connectivity index (χ4n) is 1.55. The van der Waals surface area contributed by atoms with E-state index in [4.69, 9.17) is 5.11 Å². The van der Waals surface area contributed by atoms with E-state index in [-0.39, 0.29) is 6.42 Å². The van der Waals surface area contributed by atoms with Gasteiger partial charge in [-0.1, -0.05) is 23.9 Å². The second kappa shape index (κ2) is 5.69. The van der Waals surface area contributed by atoms with Crippen molar-refractivity contribution < 1.29 is 9.90 Å². The SMILES string of the molecule is Cc1cnccc1Sc1ccc(CC(=O)O)cc1. The summed E-state index contributed by atoms with van der Waals surface area (Å²) in [5.41, 5.74) is 1.95. The Kier molecular flexibility index (Phi) is 3.99. The fraction of sp³-hybridized carbons (Fsp3) is 0.143. The number of rotatable bonds is 4. The van der Waals surface area contributed by atoms with E-state index in [2.05, 4.69) is 4.98 Å². The van der Waals surface area contributed by atoms with Crippen molar-refractivity contribution in [2.45, 2.75) is 23.1 Å². The van der Waals surface area contributed by atoms with Crippen molar-refractivity contribution in [1.82, 2.24) is 4.98 Å². The van der Waals surface area contributed by atoms with E-state index in [1.807, 2.05) is 43.5 Å². The summed E-state index contributed by atoms with van der Waals surface area (Å²) in [6, 6.07) is 9.58. The molecule has 0 atom stereocenters. The highest BCUT2D eigenvalue weighted by molar-refractivity contribution is 7.99. The lowest BCUT2D eigenvalue weighted by atomic mass is 10.2. The minimum atomic E-state index is -0.805. The molecule has 1 aromatic carbocycles. The highest BCUT2D eigenvalue weighted by Gasteiger charge is 2.03. The van der Waals surface area contributed by atoms with Crippen molar-refractivity contribution >= 4 is 17.7 Å². The maximum absolute atomic E-state index is 10.6. The third kappa shape index (κ3) is 3.34. The molecule has 0 saturated carbocycles. The summed E-state index contributed by atoms with van der Waals surface area (Å²) in [6.45, 7) is 2.02. The van der Waals surface area contributed by atoms with Gasteiger partial charge in [-0.3, -0.25) is 9.78 Å². The van der Waals surface area contributed by atoms with Crippen LogP contribution in [-0.4, -0.2) is 16.1 Å². The summed E-state index contributed by atoms with van der Waals surface area (Å²) >= 11 is 1.65. The van der Waals surface area contributed by atoms with Crippen molar-refractivity contribution in [3.8, 4) is 0 Å².